The molecule has 0 amide bonds. The van der Waals surface area contributed by atoms with Crippen LogP contribution in [0.15, 0.2) is 0 Å². The fourth-order valence-electron chi connectivity index (χ4n) is 2.18. The second kappa shape index (κ2) is 4.03. The van der Waals surface area contributed by atoms with Gasteiger partial charge in [-0.15, -0.1) is 0 Å². The molecule has 3 nitrogen and oxygen atoms in total. The van der Waals surface area contributed by atoms with Crippen molar-refractivity contribution in [2.75, 3.05) is 11.9 Å². The molecule has 0 fully saturated rings. The van der Waals surface area contributed by atoms with E-state index in [0.29, 0.717) is 0 Å². The second-order valence-corrected chi connectivity index (χ2v) is 3.86. The molecule has 0 unspecified atom stereocenters. The summed E-state index contributed by atoms with van der Waals surface area (Å²) in [6, 6.07) is 0. The average Bonchev–Trinajstić information content (AvgIpc) is 2.55. The highest BCUT2D eigenvalue weighted by molar-refractivity contribution is 5.35. The van der Waals surface area contributed by atoms with Crippen LogP contribution >= 0.6 is 0 Å². The Morgan fingerprint density at radius 2 is 2.29 bits per heavy atom. The predicted molar refractivity (Wildman–Crippen MR) is 58.7 cm³/mol. The molecule has 1 N–H and O–H groups in total. The third-order valence-electron chi connectivity index (χ3n) is 2.82. The lowest BCUT2D eigenvalue weighted by Crippen LogP contribution is -2.18. The van der Waals surface area contributed by atoms with Crippen LogP contribution in [0, 0.1) is 0 Å². The molecule has 3 heteroatoms. The van der Waals surface area contributed by atoms with Crippen LogP contribution in [-0.2, 0) is 19.4 Å². The zero-order valence-electron chi connectivity index (χ0n) is 9.14. The van der Waals surface area contributed by atoms with Gasteiger partial charge in [0.1, 0.15) is 0 Å². The summed E-state index contributed by atoms with van der Waals surface area (Å²) < 4.78 is 2.36. The van der Waals surface area contributed by atoms with E-state index in [9.17, 15) is 0 Å². The molecular formula is C11H19N3. The first kappa shape index (κ1) is 9.56. The van der Waals surface area contributed by atoms with E-state index in [4.69, 9.17) is 0 Å². The Bertz CT molecular complexity index is 315. The van der Waals surface area contributed by atoms with E-state index < -0.39 is 0 Å². The van der Waals surface area contributed by atoms with Crippen molar-refractivity contribution in [3.05, 3.63) is 11.4 Å². The van der Waals surface area contributed by atoms with Crippen molar-refractivity contribution in [3.8, 4) is 0 Å². The molecule has 0 saturated heterocycles. The highest BCUT2D eigenvalue weighted by atomic mass is 15.2. The van der Waals surface area contributed by atoms with E-state index in [1.807, 2.05) is 0 Å². The number of aromatic nitrogens is 2. The third-order valence-corrected chi connectivity index (χ3v) is 2.82. The molecule has 0 radical (unpaired) electrons. The summed E-state index contributed by atoms with van der Waals surface area (Å²) in [5.74, 6) is 1.09. The maximum Gasteiger partial charge on any atom is 0.203 e. The normalized spacial score (nSPS) is 15.0. The molecule has 0 aliphatic carbocycles. The van der Waals surface area contributed by atoms with E-state index in [-0.39, 0.29) is 0 Å². The molecule has 0 spiro atoms. The molecule has 14 heavy (non-hydrogen) atoms. The van der Waals surface area contributed by atoms with Crippen molar-refractivity contribution in [1.82, 2.24) is 9.55 Å². The molecule has 1 aromatic heterocycles. The van der Waals surface area contributed by atoms with E-state index in [1.54, 1.807) is 0 Å². The van der Waals surface area contributed by atoms with Gasteiger partial charge in [-0.1, -0.05) is 20.3 Å². The molecule has 1 aliphatic heterocycles. The average molecular weight is 193 g/mol. The zero-order valence-corrected chi connectivity index (χ0v) is 9.14. The Morgan fingerprint density at radius 3 is 3.00 bits per heavy atom. The summed E-state index contributed by atoms with van der Waals surface area (Å²) in [6.07, 6.45) is 4.63. The minimum absolute atomic E-state index is 1.08. The highest BCUT2D eigenvalue weighted by Crippen LogP contribution is 2.21. The molecule has 1 aliphatic rings. The zero-order chi connectivity index (χ0) is 9.97. The first-order valence-electron chi connectivity index (χ1n) is 5.69. The minimum Gasteiger partial charge on any atom is -0.356 e. The van der Waals surface area contributed by atoms with Gasteiger partial charge in [0.05, 0.1) is 5.69 Å². The first-order chi connectivity index (χ1) is 6.86. The van der Waals surface area contributed by atoms with Crippen molar-refractivity contribution in [1.29, 1.82) is 0 Å². The van der Waals surface area contributed by atoms with Gasteiger partial charge >= 0.3 is 0 Å². The van der Waals surface area contributed by atoms with Crippen LogP contribution in [0.3, 0.4) is 0 Å². The monoisotopic (exact) mass is 193 g/mol. The van der Waals surface area contributed by atoms with Crippen LogP contribution in [0.2, 0.25) is 0 Å². The van der Waals surface area contributed by atoms with E-state index in [0.717, 1.165) is 31.9 Å². The van der Waals surface area contributed by atoms with Gasteiger partial charge in [0.2, 0.25) is 5.95 Å². The molecule has 1 aromatic rings. The van der Waals surface area contributed by atoms with Gasteiger partial charge in [0, 0.05) is 18.8 Å². The standard InChI is InChI=1S/C11H19N3/c1-3-6-9-10(4-2)14-8-5-7-12-11(14)13-9/h3-8H2,1-2H3,(H,12,13). The van der Waals surface area contributed by atoms with Crippen LogP contribution in [0.25, 0.3) is 0 Å². The Kier molecular flexibility index (Phi) is 2.75. The molecule has 0 atom stereocenters. The number of fused-ring (bicyclic) bond motifs is 1. The minimum atomic E-state index is 1.08. The molecular weight excluding hydrogens is 174 g/mol. The van der Waals surface area contributed by atoms with Crippen LogP contribution in [-0.4, -0.2) is 16.1 Å². The summed E-state index contributed by atoms with van der Waals surface area (Å²) in [5, 5.41) is 3.37. The highest BCUT2D eigenvalue weighted by Gasteiger charge is 2.17. The fraction of sp³-hybridized carbons (Fsp3) is 0.727. The van der Waals surface area contributed by atoms with Crippen molar-refractivity contribution in [2.45, 2.75) is 46.1 Å². The summed E-state index contributed by atoms with van der Waals surface area (Å²) in [4.78, 5) is 4.66. The SMILES string of the molecule is CCCc1nc2n(c1CC)CCCN2. The lowest BCUT2D eigenvalue weighted by atomic mass is 10.2. The number of nitrogens with one attached hydrogen (secondary N) is 1. The van der Waals surface area contributed by atoms with E-state index >= 15 is 0 Å². The molecule has 2 rings (SSSR count). The van der Waals surface area contributed by atoms with Crippen molar-refractivity contribution in [2.24, 2.45) is 0 Å². The molecule has 78 valence electrons. The van der Waals surface area contributed by atoms with Crippen LogP contribution in [0.4, 0.5) is 5.95 Å². The number of rotatable bonds is 3. The van der Waals surface area contributed by atoms with Crippen LogP contribution in [0.5, 0.6) is 0 Å². The fourth-order valence-corrected chi connectivity index (χ4v) is 2.18. The van der Waals surface area contributed by atoms with E-state index in [1.165, 1.54) is 24.2 Å². The van der Waals surface area contributed by atoms with Crippen molar-refractivity contribution >= 4 is 5.95 Å². The molecule has 0 saturated carbocycles. The quantitative estimate of drug-likeness (QED) is 0.797. The number of aryl methyl sites for hydroxylation is 1. The third kappa shape index (κ3) is 1.51. The second-order valence-electron chi connectivity index (χ2n) is 3.86. The topological polar surface area (TPSA) is 29.9 Å². The Labute approximate surface area is 85.5 Å². The Morgan fingerprint density at radius 1 is 1.43 bits per heavy atom. The van der Waals surface area contributed by atoms with E-state index in [2.05, 4.69) is 28.7 Å². The van der Waals surface area contributed by atoms with Gasteiger partial charge in [-0.05, 0) is 19.3 Å². The van der Waals surface area contributed by atoms with Gasteiger partial charge in [0.15, 0.2) is 0 Å². The summed E-state index contributed by atoms with van der Waals surface area (Å²) in [7, 11) is 0. The maximum atomic E-state index is 4.66. The van der Waals surface area contributed by atoms with Crippen molar-refractivity contribution in [3.63, 3.8) is 0 Å². The van der Waals surface area contributed by atoms with Gasteiger partial charge in [0.25, 0.3) is 0 Å². The number of imidazole rings is 1. The van der Waals surface area contributed by atoms with Crippen LogP contribution < -0.4 is 5.32 Å². The first-order valence-corrected chi connectivity index (χ1v) is 5.69. The Balaban J connectivity index is 2.36. The number of anilines is 1. The van der Waals surface area contributed by atoms with Crippen LogP contribution in [0.1, 0.15) is 38.1 Å². The lowest BCUT2D eigenvalue weighted by molar-refractivity contribution is 0.604. The Hall–Kier alpha value is -0.990. The number of hydrogen-bond acceptors (Lipinski definition) is 2. The van der Waals surface area contributed by atoms with Gasteiger partial charge < -0.3 is 9.88 Å². The molecule has 0 aromatic carbocycles. The van der Waals surface area contributed by atoms with Crippen molar-refractivity contribution < 1.29 is 0 Å². The summed E-state index contributed by atoms with van der Waals surface area (Å²) >= 11 is 0. The van der Waals surface area contributed by atoms with Gasteiger partial charge in [-0.3, -0.25) is 0 Å². The summed E-state index contributed by atoms with van der Waals surface area (Å²) in [5.41, 5.74) is 2.74. The van der Waals surface area contributed by atoms with Gasteiger partial charge in [-0.2, -0.15) is 0 Å². The lowest BCUT2D eigenvalue weighted by Gasteiger charge is -2.17. The molecule has 0 bridgehead atoms. The maximum absolute atomic E-state index is 4.66. The number of hydrogen-bond donors (Lipinski definition) is 1. The molecule has 2 heterocycles. The van der Waals surface area contributed by atoms with Gasteiger partial charge in [-0.25, -0.2) is 4.98 Å². The predicted octanol–water partition coefficient (Wildman–Crippen LogP) is 2.21. The smallest absolute Gasteiger partial charge is 0.203 e. The number of nitrogens with zero attached hydrogens (tertiary/aromatic N) is 2. The largest absolute Gasteiger partial charge is 0.356 e. The summed E-state index contributed by atoms with van der Waals surface area (Å²) in [6.45, 7) is 6.65.